The Morgan fingerprint density at radius 1 is 1.19 bits per heavy atom. The van der Waals surface area contributed by atoms with Crippen LogP contribution < -0.4 is 5.32 Å². The first kappa shape index (κ1) is 15.9. The fourth-order valence-electron chi connectivity index (χ4n) is 2.27. The van der Waals surface area contributed by atoms with Gasteiger partial charge in [0.05, 0.1) is 21.3 Å². The van der Waals surface area contributed by atoms with Crippen LogP contribution in [0.3, 0.4) is 0 Å². The maximum atomic E-state index is 12.0. The largest absolute Gasteiger partial charge is 0.478 e. The van der Waals surface area contributed by atoms with Gasteiger partial charge >= 0.3 is 5.97 Å². The summed E-state index contributed by atoms with van der Waals surface area (Å²) in [4.78, 5) is 22.9. The summed E-state index contributed by atoms with van der Waals surface area (Å²) in [5, 5.41) is 11.8. The molecule has 0 aliphatic heterocycles. The molecule has 1 aromatic rings. The molecule has 2 N–H and O–H groups in total. The number of halogens is 2. The van der Waals surface area contributed by atoms with Crippen LogP contribution in [0.4, 0.5) is 5.69 Å². The van der Waals surface area contributed by atoms with E-state index in [1.807, 2.05) is 0 Å². The van der Waals surface area contributed by atoms with Crippen LogP contribution in [0.5, 0.6) is 0 Å². The minimum Gasteiger partial charge on any atom is -0.478 e. The standard InChI is InChI=1S/C15H15Cl2NO3/c16-11-7-10(15(20)21)8-12(17)14(11)18-13(19)6-9-4-2-1-3-5-9/h4,7-8H,1-3,5-6H2,(H,18,19)(H,20,21). The molecule has 0 saturated carbocycles. The maximum absolute atomic E-state index is 12.0. The number of benzene rings is 1. The van der Waals surface area contributed by atoms with Gasteiger partial charge in [0, 0.05) is 6.42 Å². The van der Waals surface area contributed by atoms with Crippen LogP contribution in [-0.2, 0) is 4.79 Å². The Balaban J connectivity index is 2.10. The molecule has 0 fully saturated rings. The van der Waals surface area contributed by atoms with E-state index in [2.05, 4.69) is 11.4 Å². The number of carboxylic acid groups (broad SMARTS) is 1. The number of allylic oxidation sites excluding steroid dienone is 1. The van der Waals surface area contributed by atoms with Gasteiger partial charge < -0.3 is 10.4 Å². The van der Waals surface area contributed by atoms with Gasteiger partial charge in [0.1, 0.15) is 0 Å². The first-order chi connectivity index (χ1) is 9.97. The number of carbonyl (C=O) groups excluding carboxylic acids is 1. The third kappa shape index (κ3) is 4.22. The van der Waals surface area contributed by atoms with Crippen molar-refractivity contribution in [3.8, 4) is 0 Å². The van der Waals surface area contributed by atoms with E-state index in [-0.39, 0.29) is 27.2 Å². The van der Waals surface area contributed by atoms with Gasteiger partial charge in [-0.1, -0.05) is 34.9 Å². The summed E-state index contributed by atoms with van der Waals surface area (Å²) in [6.45, 7) is 0. The first-order valence-corrected chi connectivity index (χ1v) is 7.43. The van der Waals surface area contributed by atoms with Crippen LogP contribution >= 0.6 is 23.2 Å². The topological polar surface area (TPSA) is 66.4 Å². The Kier molecular flexibility index (Phi) is 5.26. The van der Waals surface area contributed by atoms with E-state index in [1.54, 1.807) is 0 Å². The van der Waals surface area contributed by atoms with Crippen molar-refractivity contribution >= 4 is 40.8 Å². The Morgan fingerprint density at radius 2 is 1.86 bits per heavy atom. The molecular weight excluding hydrogens is 313 g/mol. The zero-order valence-corrected chi connectivity index (χ0v) is 12.8. The van der Waals surface area contributed by atoms with Crippen molar-refractivity contribution in [3.63, 3.8) is 0 Å². The number of amides is 1. The number of nitrogens with one attached hydrogen (secondary N) is 1. The lowest BCUT2D eigenvalue weighted by molar-refractivity contribution is -0.115. The molecule has 6 heteroatoms. The van der Waals surface area contributed by atoms with Crippen molar-refractivity contribution < 1.29 is 14.7 Å². The lowest BCUT2D eigenvalue weighted by atomic mass is 9.97. The molecule has 0 saturated heterocycles. The van der Waals surface area contributed by atoms with Gasteiger partial charge in [0.25, 0.3) is 0 Å². The summed E-state index contributed by atoms with van der Waals surface area (Å²) in [6, 6.07) is 2.54. The van der Waals surface area contributed by atoms with Crippen LogP contribution in [-0.4, -0.2) is 17.0 Å². The second kappa shape index (κ2) is 6.96. The Hall–Kier alpha value is -1.52. The Morgan fingerprint density at radius 3 is 2.38 bits per heavy atom. The number of hydrogen-bond acceptors (Lipinski definition) is 2. The molecule has 21 heavy (non-hydrogen) atoms. The zero-order valence-electron chi connectivity index (χ0n) is 11.3. The summed E-state index contributed by atoms with van der Waals surface area (Å²) in [7, 11) is 0. The van der Waals surface area contributed by atoms with E-state index in [4.69, 9.17) is 28.3 Å². The highest BCUT2D eigenvalue weighted by Gasteiger charge is 2.15. The molecular formula is C15H15Cl2NO3. The van der Waals surface area contributed by atoms with E-state index in [9.17, 15) is 9.59 Å². The summed E-state index contributed by atoms with van der Waals surface area (Å²) < 4.78 is 0. The average Bonchev–Trinajstić information content (AvgIpc) is 2.43. The Labute approximate surface area is 132 Å². The molecule has 1 aromatic carbocycles. The quantitative estimate of drug-likeness (QED) is 0.799. The minimum absolute atomic E-state index is 0.0158. The predicted molar refractivity (Wildman–Crippen MR) is 83.2 cm³/mol. The highest BCUT2D eigenvalue weighted by atomic mass is 35.5. The second-order valence-corrected chi connectivity index (χ2v) is 5.77. The molecule has 0 spiro atoms. The molecule has 0 heterocycles. The van der Waals surface area contributed by atoms with Crippen LogP contribution in [0.2, 0.25) is 10.0 Å². The SMILES string of the molecule is O=C(CC1=CCCCC1)Nc1c(Cl)cc(C(=O)O)cc1Cl. The molecule has 1 amide bonds. The third-order valence-electron chi connectivity index (χ3n) is 3.33. The molecule has 4 nitrogen and oxygen atoms in total. The molecule has 0 atom stereocenters. The molecule has 112 valence electrons. The zero-order chi connectivity index (χ0) is 15.4. The van der Waals surface area contributed by atoms with Crippen molar-refractivity contribution in [2.24, 2.45) is 0 Å². The average molecular weight is 328 g/mol. The summed E-state index contributed by atoms with van der Waals surface area (Å²) in [6.07, 6.45) is 6.63. The fourth-order valence-corrected chi connectivity index (χ4v) is 2.85. The van der Waals surface area contributed by atoms with E-state index in [0.717, 1.165) is 24.8 Å². The van der Waals surface area contributed by atoms with E-state index >= 15 is 0 Å². The second-order valence-electron chi connectivity index (χ2n) is 4.95. The fraction of sp³-hybridized carbons (Fsp3) is 0.333. The molecule has 0 radical (unpaired) electrons. The van der Waals surface area contributed by atoms with Crippen LogP contribution in [0.1, 0.15) is 42.5 Å². The molecule has 0 bridgehead atoms. The van der Waals surface area contributed by atoms with E-state index < -0.39 is 5.97 Å². The number of hydrogen-bond donors (Lipinski definition) is 2. The van der Waals surface area contributed by atoms with Gasteiger partial charge in [-0.05, 0) is 37.8 Å². The van der Waals surface area contributed by atoms with Gasteiger partial charge in [0.2, 0.25) is 5.91 Å². The van der Waals surface area contributed by atoms with Crippen molar-refractivity contribution in [2.45, 2.75) is 32.1 Å². The van der Waals surface area contributed by atoms with Gasteiger partial charge in [-0.3, -0.25) is 4.79 Å². The van der Waals surface area contributed by atoms with E-state index in [0.29, 0.717) is 6.42 Å². The smallest absolute Gasteiger partial charge is 0.335 e. The Bertz CT molecular complexity index is 588. The van der Waals surface area contributed by atoms with Crippen molar-refractivity contribution in [3.05, 3.63) is 39.4 Å². The summed E-state index contributed by atoms with van der Waals surface area (Å²) in [5.74, 6) is -1.32. The van der Waals surface area contributed by atoms with Crippen molar-refractivity contribution in [1.82, 2.24) is 0 Å². The van der Waals surface area contributed by atoms with Gasteiger partial charge in [-0.2, -0.15) is 0 Å². The minimum atomic E-state index is -1.12. The molecule has 0 unspecified atom stereocenters. The van der Waals surface area contributed by atoms with Crippen LogP contribution in [0.25, 0.3) is 0 Å². The number of rotatable bonds is 4. The van der Waals surface area contributed by atoms with E-state index in [1.165, 1.54) is 18.6 Å². The molecule has 1 aliphatic rings. The summed E-state index contributed by atoms with van der Waals surface area (Å²) in [5.41, 5.74) is 1.36. The predicted octanol–water partition coefficient (Wildman–Crippen LogP) is 4.52. The summed E-state index contributed by atoms with van der Waals surface area (Å²) >= 11 is 12.0. The number of carboxylic acids is 1. The van der Waals surface area contributed by atoms with Crippen molar-refractivity contribution in [1.29, 1.82) is 0 Å². The number of carbonyl (C=O) groups is 2. The monoisotopic (exact) mass is 327 g/mol. The molecule has 1 aliphatic carbocycles. The lowest BCUT2D eigenvalue weighted by Gasteiger charge is -2.14. The maximum Gasteiger partial charge on any atom is 0.335 e. The molecule has 0 aromatic heterocycles. The number of aromatic carboxylic acids is 1. The molecule has 2 rings (SSSR count). The third-order valence-corrected chi connectivity index (χ3v) is 3.92. The van der Waals surface area contributed by atoms with Gasteiger partial charge in [0.15, 0.2) is 0 Å². The number of anilines is 1. The van der Waals surface area contributed by atoms with Crippen LogP contribution in [0.15, 0.2) is 23.8 Å². The van der Waals surface area contributed by atoms with Crippen molar-refractivity contribution in [2.75, 3.05) is 5.32 Å². The van der Waals surface area contributed by atoms with Crippen LogP contribution in [0, 0.1) is 0 Å². The lowest BCUT2D eigenvalue weighted by Crippen LogP contribution is -2.14. The highest BCUT2D eigenvalue weighted by molar-refractivity contribution is 6.40. The van der Waals surface area contributed by atoms with Gasteiger partial charge in [-0.25, -0.2) is 4.79 Å². The first-order valence-electron chi connectivity index (χ1n) is 6.67. The van der Waals surface area contributed by atoms with Gasteiger partial charge in [-0.15, -0.1) is 0 Å². The highest BCUT2D eigenvalue weighted by Crippen LogP contribution is 2.32. The normalized spacial score (nSPS) is 14.5.